The van der Waals surface area contributed by atoms with Crippen LogP contribution < -0.4 is 10.6 Å². The number of carbonyl (C=O) groups excluding carboxylic acids is 2. The van der Waals surface area contributed by atoms with E-state index < -0.39 is 22.9 Å². The fourth-order valence-electron chi connectivity index (χ4n) is 2.13. The van der Waals surface area contributed by atoms with Crippen LogP contribution in [0.4, 0.5) is 0 Å². The second-order valence-corrected chi connectivity index (χ2v) is 7.78. The van der Waals surface area contributed by atoms with Gasteiger partial charge in [0.05, 0.1) is 0 Å². The average molecular weight is 256 g/mol. The Balaban J connectivity index is 4.52. The Morgan fingerprint density at radius 1 is 0.778 bits per heavy atom. The molecule has 0 atom stereocenters. The van der Waals surface area contributed by atoms with Crippen LogP contribution in [0, 0.1) is 5.41 Å². The maximum atomic E-state index is 11.8. The van der Waals surface area contributed by atoms with Gasteiger partial charge in [0.25, 0.3) is 0 Å². The van der Waals surface area contributed by atoms with E-state index in [1.807, 2.05) is 34.6 Å². The van der Waals surface area contributed by atoms with Gasteiger partial charge in [-0.2, -0.15) is 0 Å². The van der Waals surface area contributed by atoms with Crippen molar-refractivity contribution in [2.45, 2.75) is 72.9 Å². The number of amides is 2. The molecule has 4 nitrogen and oxygen atoms in total. The van der Waals surface area contributed by atoms with E-state index in [1.54, 1.807) is 0 Å². The van der Waals surface area contributed by atoms with Crippen molar-refractivity contribution >= 4 is 11.8 Å². The second-order valence-electron chi connectivity index (χ2n) is 7.78. The van der Waals surface area contributed by atoms with Crippen molar-refractivity contribution in [2.24, 2.45) is 5.41 Å². The number of carbonyl (C=O) groups is 2. The third kappa shape index (κ3) is 8.09. The summed E-state index contributed by atoms with van der Waals surface area (Å²) in [5.74, 6) is -1.15. The van der Waals surface area contributed by atoms with E-state index in [-0.39, 0.29) is 5.41 Å². The molecule has 0 aromatic carbocycles. The van der Waals surface area contributed by atoms with Gasteiger partial charge in [0.15, 0.2) is 0 Å². The molecular formula is C14H28N2O2. The third-order valence-corrected chi connectivity index (χ3v) is 2.12. The van der Waals surface area contributed by atoms with Crippen LogP contribution in [-0.4, -0.2) is 22.9 Å². The molecule has 4 heteroatoms. The van der Waals surface area contributed by atoms with Crippen LogP contribution in [0.3, 0.4) is 0 Å². The average Bonchev–Trinajstić information content (AvgIpc) is 1.93. The van der Waals surface area contributed by atoms with Crippen LogP contribution in [0.15, 0.2) is 0 Å². The Morgan fingerprint density at radius 2 is 1.17 bits per heavy atom. The Labute approximate surface area is 111 Å². The number of nitrogens with one attached hydrogen (secondary N) is 2. The highest BCUT2D eigenvalue weighted by Crippen LogP contribution is 2.26. The molecule has 0 radical (unpaired) electrons. The molecule has 0 heterocycles. The van der Waals surface area contributed by atoms with Crippen molar-refractivity contribution in [1.82, 2.24) is 10.6 Å². The van der Waals surface area contributed by atoms with E-state index in [9.17, 15) is 9.59 Å². The van der Waals surface area contributed by atoms with Gasteiger partial charge >= 0.3 is 11.8 Å². The zero-order chi connectivity index (χ0) is 14.8. The smallest absolute Gasteiger partial charge is 0.309 e. The summed E-state index contributed by atoms with van der Waals surface area (Å²) in [5, 5.41) is 5.44. The molecule has 0 rings (SSSR count). The van der Waals surface area contributed by atoms with Crippen LogP contribution in [0.5, 0.6) is 0 Å². The Kier molecular flexibility index (Phi) is 4.98. The summed E-state index contributed by atoms with van der Waals surface area (Å²) >= 11 is 0. The van der Waals surface area contributed by atoms with Crippen molar-refractivity contribution in [2.75, 3.05) is 0 Å². The number of hydrogen-bond acceptors (Lipinski definition) is 2. The second kappa shape index (κ2) is 5.29. The van der Waals surface area contributed by atoms with Gasteiger partial charge in [0.2, 0.25) is 0 Å². The fraction of sp³-hybridized carbons (Fsp3) is 0.857. The molecule has 2 amide bonds. The normalized spacial score (nSPS) is 13.1. The number of hydrogen-bond donors (Lipinski definition) is 2. The van der Waals surface area contributed by atoms with Crippen LogP contribution in [0.2, 0.25) is 0 Å². The van der Waals surface area contributed by atoms with E-state index in [2.05, 4.69) is 31.4 Å². The molecule has 0 spiro atoms. The summed E-state index contributed by atoms with van der Waals surface area (Å²) in [6.07, 6.45) is 0.800. The van der Waals surface area contributed by atoms with Gasteiger partial charge in [-0.05, 0) is 46.5 Å². The molecule has 2 N–H and O–H groups in total. The summed E-state index contributed by atoms with van der Waals surface area (Å²) < 4.78 is 0. The molecule has 0 aromatic rings. The highest BCUT2D eigenvalue weighted by molar-refractivity contribution is 6.35. The lowest BCUT2D eigenvalue weighted by atomic mass is 9.82. The standard InChI is InChI=1S/C14H28N2O2/c1-12(2,3)9-14(7,8)16-11(18)10(17)15-13(4,5)6/h9H2,1-8H3,(H,15,17)(H,16,18). The summed E-state index contributed by atoms with van der Waals surface area (Å²) in [6.45, 7) is 15.7. The molecule has 0 saturated heterocycles. The van der Waals surface area contributed by atoms with Crippen molar-refractivity contribution in [3.63, 3.8) is 0 Å². The number of rotatable bonds is 2. The van der Waals surface area contributed by atoms with E-state index in [1.165, 1.54) is 0 Å². The van der Waals surface area contributed by atoms with Crippen LogP contribution >= 0.6 is 0 Å². The van der Waals surface area contributed by atoms with Crippen molar-refractivity contribution < 1.29 is 9.59 Å². The lowest BCUT2D eigenvalue weighted by molar-refractivity contribution is -0.141. The van der Waals surface area contributed by atoms with Crippen molar-refractivity contribution in [3.8, 4) is 0 Å². The zero-order valence-corrected chi connectivity index (χ0v) is 13.0. The summed E-state index contributed by atoms with van der Waals surface area (Å²) in [5.41, 5.74) is -0.704. The molecular weight excluding hydrogens is 228 g/mol. The molecule has 0 aliphatic carbocycles. The summed E-state index contributed by atoms with van der Waals surface area (Å²) in [6, 6.07) is 0. The van der Waals surface area contributed by atoms with Gasteiger partial charge in [-0.15, -0.1) is 0 Å². The molecule has 18 heavy (non-hydrogen) atoms. The third-order valence-electron chi connectivity index (χ3n) is 2.12. The minimum Gasteiger partial charge on any atom is -0.343 e. The van der Waals surface area contributed by atoms with Crippen LogP contribution in [0.25, 0.3) is 0 Å². The minimum absolute atomic E-state index is 0.0945. The molecule has 0 aliphatic rings. The first-order chi connectivity index (χ1) is 7.72. The van der Waals surface area contributed by atoms with Crippen molar-refractivity contribution in [1.29, 1.82) is 0 Å². The van der Waals surface area contributed by atoms with Gasteiger partial charge in [-0.25, -0.2) is 0 Å². The molecule has 0 saturated carbocycles. The van der Waals surface area contributed by atoms with E-state index >= 15 is 0 Å². The van der Waals surface area contributed by atoms with Crippen LogP contribution in [0.1, 0.15) is 61.8 Å². The van der Waals surface area contributed by atoms with E-state index in [0.29, 0.717) is 0 Å². The van der Waals surface area contributed by atoms with Gasteiger partial charge in [0.1, 0.15) is 0 Å². The topological polar surface area (TPSA) is 58.2 Å². The Bertz CT molecular complexity index is 320. The van der Waals surface area contributed by atoms with E-state index in [4.69, 9.17) is 0 Å². The predicted molar refractivity (Wildman–Crippen MR) is 74.2 cm³/mol. The van der Waals surface area contributed by atoms with Crippen LogP contribution in [-0.2, 0) is 9.59 Å². The predicted octanol–water partition coefficient (Wildman–Crippen LogP) is 2.23. The van der Waals surface area contributed by atoms with Gasteiger partial charge in [-0.1, -0.05) is 20.8 Å². The minimum atomic E-state index is -0.579. The first-order valence-corrected chi connectivity index (χ1v) is 6.37. The first kappa shape index (κ1) is 16.9. The van der Waals surface area contributed by atoms with Gasteiger partial charge in [0, 0.05) is 11.1 Å². The fourth-order valence-corrected chi connectivity index (χ4v) is 2.13. The SMILES string of the molecule is CC(C)(C)CC(C)(C)NC(=O)C(=O)NC(C)(C)C. The molecule has 0 aliphatic heterocycles. The quantitative estimate of drug-likeness (QED) is 0.744. The Hall–Kier alpha value is -1.06. The first-order valence-electron chi connectivity index (χ1n) is 6.37. The zero-order valence-electron chi connectivity index (χ0n) is 13.0. The highest BCUT2D eigenvalue weighted by atomic mass is 16.2. The Morgan fingerprint density at radius 3 is 1.50 bits per heavy atom. The van der Waals surface area contributed by atoms with E-state index in [0.717, 1.165) is 6.42 Å². The largest absolute Gasteiger partial charge is 0.343 e. The molecule has 0 aromatic heterocycles. The monoisotopic (exact) mass is 256 g/mol. The lowest BCUT2D eigenvalue weighted by Gasteiger charge is -2.33. The van der Waals surface area contributed by atoms with Gasteiger partial charge < -0.3 is 10.6 Å². The summed E-state index contributed by atoms with van der Waals surface area (Å²) in [4.78, 5) is 23.5. The molecule has 0 unspecified atom stereocenters. The van der Waals surface area contributed by atoms with Crippen molar-refractivity contribution in [3.05, 3.63) is 0 Å². The molecule has 106 valence electrons. The highest BCUT2D eigenvalue weighted by Gasteiger charge is 2.30. The van der Waals surface area contributed by atoms with Gasteiger partial charge in [-0.3, -0.25) is 9.59 Å². The maximum absolute atomic E-state index is 11.8. The summed E-state index contributed by atoms with van der Waals surface area (Å²) in [7, 11) is 0. The molecule has 0 bridgehead atoms. The molecule has 0 fully saturated rings. The maximum Gasteiger partial charge on any atom is 0.309 e. The lowest BCUT2D eigenvalue weighted by Crippen LogP contribution is -2.54.